The summed E-state index contributed by atoms with van der Waals surface area (Å²) >= 11 is 0.938. The predicted octanol–water partition coefficient (Wildman–Crippen LogP) is 3.82. The molecule has 1 aromatic heterocycles. The summed E-state index contributed by atoms with van der Waals surface area (Å²) < 4.78 is 2.20. The van der Waals surface area contributed by atoms with Gasteiger partial charge in [0, 0.05) is 17.9 Å². The molecule has 2 amide bonds. The minimum absolute atomic E-state index is 0.00896. The first-order valence-corrected chi connectivity index (χ1v) is 8.72. The summed E-state index contributed by atoms with van der Waals surface area (Å²) in [5.74, 6) is 2.03. The second-order valence-electron chi connectivity index (χ2n) is 5.87. The number of carbonyl (C=O) groups is 2. The number of aryl methyl sites for hydroxylation is 1. The number of imide groups is 1. The Labute approximate surface area is 151 Å². The van der Waals surface area contributed by atoms with E-state index in [9.17, 15) is 9.59 Å². The molecule has 0 bridgehead atoms. The number of rotatable bonds is 4. The molecule has 0 spiro atoms. The lowest BCUT2D eigenvalue weighted by Crippen LogP contribution is -2.28. The summed E-state index contributed by atoms with van der Waals surface area (Å²) in [5.41, 5.74) is 4.32. The number of benzene rings is 1. The average molecular weight is 350 g/mol. The minimum atomic E-state index is -0.319. The van der Waals surface area contributed by atoms with Crippen molar-refractivity contribution in [3.05, 3.63) is 63.8 Å². The summed E-state index contributed by atoms with van der Waals surface area (Å²) in [6.45, 7) is 4.84. The number of thioether (sulfide) groups is 1. The van der Waals surface area contributed by atoms with Gasteiger partial charge in [0.1, 0.15) is 0 Å². The van der Waals surface area contributed by atoms with Gasteiger partial charge in [0.05, 0.1) is 11.4 Å². The molecule has 1 fully saturated rings. The van der Waals surface area contributed by atoms with Crippen LogP contribution in [0.1, 0.15) is 22.5 Å². The van der Waals surface area contributed by atoms with Crippen LogP contribution in [0.4, 0.5) is 4.79 Å². The highest BCUT2D eigenvalue weighted by Crippen LogP contribution is 2.33. The molecule has 1 saturated heterocycles. The normalized spacial score (nSPS) is 15.9. The third-order valence-electron chi connectivity index (χ3n) is 4.21. The molecule has 0 saturated carbocycles. The van der Waals surface area contributed by atoms with E-state index in [1.807, 2.05) is 38.1 Å². The monoisotopic (exact) mass is 350 g/mol. The van der Waals surface area contributed by atoms with Crippen LogP contribution in [0.25, 0.3) is 6.08 Å². The molecule has 0 aliphatic carbocycles. The molecule has 1 aromatic carbocycles. The zero-order chi connectivity index (χ0) is 18.0. The van der Waals surface area contributed by atoms with Crippen LogP contribution < -0.4 is 0 Å². The summed E-state index contributed by atoms with van der Waals surface area (Å²) in [5, 5.41) is -0.313. The standard InChI is InChI=1S/C20H18N2O2S/c1-4-10-21-19(23)18(25-20(21)24)12-17-11-14(2)22(15(17)3)13-16-8-6-5-7-9-16/h1,5-9,11-12H,10,13H2,2-3H3/b18-12+. The topological polar surface area (TPSA) is 42.3 Å². The summed E-state index contributed by atoms with van der Waals surface area (Å²) in [4.78, 5) is 25.7. The van der Waals surface area contributed by atoms with Crippen LogP contribution in [0.15, 0.2) is 41.3 Å². The highest BCUT2D eigenvalue weighted by atomic mass is 32.2. The number of terminal acetylenes is 1. The van der Waals surface area contributed by atoms with Crippen LogP contribution in [-0.2, 0) is 11.3 Å². The van der Waals surface area contributed by atoms with Crippen LogP contribution in [0, 0.1) is 26.2 Å². The van der Waals surface area contributed by atoms with Crippen molar-refractivity contribution >= 4 is 29.0 Å². The second-order valence-corrected chi connectivity index (χ2v) is 6.86. The van der Waals surface area contributed by atoms with Crippen molar-refractivity contribution in [3.63, 3.8) is 0 Å². The smallest absolute Gasteiger partial charge is 0.294 e. The van der Waals surface area contributed by atoms with E-state index in [1.165, 1.54) is 5.56 Å². The Hall–Kier alpha value is -2.71. The molecule has 2 aromatic rings. The Morgan fingerprint density at radius 2 is 1.92 bits per heavy atom. The van der Waals surface area contributed by atoms with Gasteiger partial charge in [-0.15, -0.1) is 6.42 Å². The highest BCUT2D eigenvalue weighted by Gasteiger charge is 2.34. The van der Waals surface area contributed by atoms with Gasteiger partial charge in [0.2, 0.25) is 0 Å². The number of nitrogens with zero attached hydrogens (tertiary/aromatic N) is 2. The maximum atomic E-state index is 12.3. The third kappa shape index (κ3) is 3.40. The summed E-state index contributed by atoms with van der Waals surface area (Å²) in [6, 6.07) is 12.2. The fourth-order valence-electron chi connectivity index (χ4n) is 2.85. The SMILES string of the molecule is C#CCN1C(=O)S/C(=C/c2cc(C)n(Cc3ccccc3)c2C)C1=O. The van der Waals surface area contributed by atoms with Crippen molar-refractivity contribution in [2.75, 3.05) is 6.54 Å². The fourth-order valence-corrected chi connectivity index (χ4v) is 3.68. The van der Waals surface area contributed by atoms with Crippen LogP contribution >= 0.6 is 11.8 Å². The maximum Gasteiger partial charge on any atom is 0.294 e. The highest BCUT2D eigenvalue weighted by molar-refractivity contribution is 8.18. The zero-order valence-corrected chi connectivity index (χ0v) is 15.0. The van der Waals surface area contributed by atoms with Gasteiger partial charge in [0.15, 0.2) is 0 Å². The Kier molecular flexibility index (Phi) is 4.82. The summed E-state index contributed by atoms with van der Waals surface area (Å²) in [7, 11) is 0. The molecule has 4 nitrogen and oxygen atoms in total. The van der Waals surface area contributed by atoms with Crippen molar-refractivity contribution < 1.29 is 9.59 Å². The first-order chi connectivity index (χ1) is 12.0. The molecule has 5 heteroatoms. The van der Waals surface area contributed by atoms with Crippen LogP contribution in [0.3, 0.4) is 0 Å². The van der Waals surface area contributed by atoms with Gasteiger partial charge in [-0.2, -0.15) is 0 Å². The van der Waals surface area contributed by atoms with Gasteiger partial charge in [-0.1, -0.05) is 36.3 Å². The van der Waals surface area contributed by atoms with Gasteiger partial charge in [0.25, 0.3) is 11.1 Å². The molecule has 25 heavy (non-hydrogen) atoms. The number of aromatic nitrogens is 1. The largest absolute Gasteiger partial charge is 0.344 e. The van der Waals surface area contributed by atoms with Gasteiger partial charge in [-0.05, 0) is 48.9 Å². The lowest BCUT2D eigenvalue weighted by Gasteiger charge is -2.09. The van der Waals surface area contributed by atoms with E-state index in [-0.39, 0.29) is 17.7 Å². The summed E-state index contributed by atoms with van der Waals surface area (Å²) in [6.07, 6.45) is 7.01. The molecule has 0 N–H and O–H groups in total. The fraction of sp³-hybridized carbons (Fsp3) is 0.200. The average Bonchev–Trinajstić information content (AvgIpc) is 3.01. The van der Waals surface area contributed by atoms with Crippen molar-refractivity contribution in [3.8, 4) is 12.3 Å². The molecule has 1 aliphatic heterocycles. The molecule has 3 rings (SSSR count). The van der Waals surface area contributed by atoms with Crippen LogP contribution in [-0.4, -0.2) is 27.2 Å². The predicted molar refractivity (Wildman–Crippen MR) is 101 cm³/mol. The molecule has 0 atom stereocenters. The van der Waals surface area contributed by atoms with E-state index in [2.05, 4.69) is 22.6 Å². The number of hydrogen-bond donors (Lipinski definition) is 0. The third-order valence-corrected chi connectivity index (χ3v) is 5.11. The van der Waals surface area contributed by atoms with Gasteiger partial charge in [-0.25, -0.2) is 0 Å². The number of amides is 2. The van der Waals surface area contributed by atoms with E-state index >= 15 is 0 Å². The maximum absolute atomic E-state index is 12.3. The quantitative estimate of drug-likeness (QED) is 0.622. The lowest BCUT2D eigenvalue weighted by molar-refractivity contribution is -0.122. The van der Waals surface area contributed by atoms with E-state index in [1.54, 1.807) is 6.08 Å². The Bertz CT molecular complexity index is 904. The Morgan fingerprint density at radius 3 is 2.60 bits per heavy atom. The minimum Gasteiger partial charge on any atom is -0.344 e. The van der Waals surface area contributed by atoms with E-state index in [4.69, 9.17) is 6.42 Å². The van der Waals surface area contributed by atoms with Gasteiger partial charge < -0.3 is 4.57 Å². The number of hydrogen-bond acceptors (Lipinski definition) is 3. The number of carbonyl (C=O) groups excluding carboxylic acids is 2. The molecule has 126 valence electrons. The van der Waals surface area contributed by atoms with Crippen molar-refractivity contribution in [2.45, 2.75) is 20.4 Å². The first kappa shape index (κ1) is 17.1. The van der Waals surface area contributed by atoms with Crippen molar-refractivity contribution in [2.24, 2.45) is 0 Å². The molecule has 0 radical (unpaired) electrons. The Balaban J connectivity index is 1.90. The van der Waals surface area contributed by atoms with Crippen molar-refractivity contribution in [1.82, 2.24) is 9.47 Å². The van der Waals surface area contributed by atoms with Gasteiger partial charge >= 0.3 is 0 Å². The second kappa shape index (κ2) is 7.04. The van der Waals surface area contributed by atoms with Gasteiger partial charge in [-0.3, -0.25) is 14.5 Å². The molecule has 2 heterocycles. The zero-order valence-electron chi connectivity index (χ0n) is 14.2. The van der Waals surface area contributed by atoms with E-state index in [0.29, 0.717) is 4.91 Å². The first-order valence-electron chi connectivity index (χ1n) is 7.90. The van der Waals surface area contributed by atoms with Crippen LogP contribution in [0.5, 0.6) is 0 Å². The Morgan fingerprint density at radius 1 is 1.20 bits per heavy atom. The molecular formula is C20H18N2O2S. The van der Waals surface area contributed by atoms with Crippen molar-refractivity contribution in [1.29, 1.82) is 0 Å². The van der Waals surface area contributed by atoms with Crippen LogP contribution in [0.2, 0.25) is 0 Å². The molecule has 1 aliphatic rings. The van der Waals surface area contributed by atoms with E-state index in [0.717, 1.165) is 40.2 Å². The molecule has 0 unspecified atom stereocenters. The molecular weight excluding hydrogens is 332 g/mol. The lowest BCUT2D eigenvalue weighted by atomic mass is 10.2. The van der Waals surface area contributed by atoms with E-state index < -0.39 is 0 Å².